The van der Waals surface area contributed by atoms with Gasteiger partial charge in [-0.05, 0) is 42.7 Å². The number of hydrogen-bond donors (Lipinski definition) is 1. The Morgan fingerprint density at radius 3 is 2.42 bits per heavy atom. The van der Waals surface area contributed by atoms with Crippen LogP contribution in [0, 0.1) is 13.8 Å². The fourth-order valence-electron chi connectivity index (χ4n) is 2.51. The third kappa shape index (κ3) is 4.29. The van der Waals surface area contributed by atoms with E-state index in [1.54, 1.807) is 0 Å². The van der Waals surface area contributed by atoms with Gasteiger partial charge < -0.3 is 0 Å². The molecule has 0 aliphatic heterocycles. The van der Waals surface area contributed by atoms with Crippen LogP contribution in [0.25, 0.3) is 11.1 Å². The van der Waals surface area contributed by atoms with Gasteiger partial charge in [-0.1, -0.05) is 36.0 Å². The SMILES string of the molecule is Cc1cc(-c2ccc(CC(=O)CSc3ncn[nH]3)cc2)cc(C)n1. The highest BCUT2D eigenvalue weighted by Gasteiger charge is 2.07. The van der Waals surface area contributed by atoms with Crippen molar-refractivity contribution in [2.75, 3.05) is 5.75 Å². The summed E-state index contributed by atoms with van der Waals surface area (Å²) in [5.41, 5.74) is 5.32. The summed E-state index contributed by atoms with van der Waals surface area (Å²) in [7, 11) is 0. The predicted octanol–water partition coefficient (Wildman–Crippen LogP) is 3.39. The molecule has 2 aromatic heterocycles. The molecular weight excluding hydrogens is 320 g/mol. The summed E-state index contributed by atoms with van der Waals surface area (Å²) < 4.78 is 0. The van der Waals surface area contributed by atoms with Crippen LogP contribution in [-0.2, 0) is 11.2 Å². The van der Waals surface area contributed by atoms with Crippen LogP contribution >= 0.6 is 11.8 Å². The van der Waals surface area contributed by atoms with Crippen molar-refractivity contribution in [2.24, 2.45) is 0 Å². The lowest BCUT2D eigenvalue weighted by atomic mass is 10.0. The zero-order valence-electron chi connectivity index (χ0n) is 13.6. The van der Waals surface area contributed by atoms with Gasteiger partial charge in [0.2, 0.25) is 0 Å². The molecule has 0 atom stereocenters. The van der Waals surface area contributed by atoms with Crippen molar-refractivity contribution in [1.29, 1.82) is 0 Å². The molecule has 0 unspecified atom stereocenters. The zero-order valence-corrected chi connectivity index (χ0v) is 14.4. The van der Waals surface area contributed by atoms with Gasteiger partial charge in [-0.25, -0.2) is 4.98 Å². The predicted molar refractivity (Wildman–Crippen MR) is 95.0 cm³/mol. The van der Waals surface area contributed by atoms with E-state index in [4.69, 9.17) is 0 Å². The van der Waals surface area contributed by atoms with E-state index in [-0.39, 0.29) is 5.78 Å². The molecule has 6 heteroatoms. The lowest BCUT2D eigenvalue weighted by molar-refractivity contribution is -0.116. The summed E-state index contributed by atoms with van der Waals surface area (Å²) in [6.45, 7) is 3.99. The average Bonchev–Trinajstić information content (AvgIpc) is 3.06. The van der Waals surface area contributed by atoms with E-state index in [2.05, 4.69) is 44.4 Å². The van der Waals surface area contributed by atoms with Gasteiger partial charge >= 0.3 is 0 Å². The summed E-state index contributed by atoms with van der Waals surface area (Å²) in [5, 5.41) is 7.17. The highest BCUT2D eigenvalue weighted by atomic mass is 32.2. The number of ketones is 1. The lowest BCUT2D eigenvalue weighted by Gasteiger charge is -2.06. The fraction of sp³-hybridized carbons (Fsp3) is 0.222. The molecule has 2 heterocycles. The standard InChI is InChI=1S/C18H18N4OS/c1-12-7-16(8-13(2)21-12)15-5-3-14(4-6-15)9-17(23)10-24-18-19-11-20-22-18/h3-8,11H,9-10H2,1-2H3,(H,19,20,22). The minimum Gasteiger partial charge on any atom is -0.298 e. The minimum atomic E-state index is 0.166. The quantitative estimate of drug-likeness (QED) is 0.698. The molecule has 24 heavy (non-hydrogen) atoms. The average molecular weight is 338 g/mol. The van der Waals surface area contributed by atoms with E-state index in [1.807, 2.05) is 26.0 Å². The Balaban J connectivity index is 1.62. The summed E-state index contributed by atoms with van der Waals surface area (Å²) in [4.78, 5) is 20.5. The van der Waals surface area contributed by atoms with Crippen LogP contribution in [0.3, 0.4) is 0 Å². The van der Waals surface area contributed by atoms with Crippen molar-refractivity contribution in [3.05, 3.63) is 59.7 Å². The molecule has 0 bridgehead atoms. The number of nitrogens with one attached hydrogen (secondary N) is 1. The van der Waals surface area contributed by atoms with Crippen LogP contribution in [0.2, 0.25) is 0 Å². The van der Waals surface area contributed by atoms with Crippen LogP contribution in [0.1, 0.15) is 17.0 Å². The van der Waals surface area contributed by atoms with Crippen molar-refractivity contribution in [3.63, 3.8) is 0 Å². The number of hydrogen-bond acceptors (Lipinski definition) is 5. The maximum Gasteiger partial charge on any atom is 0.183 e. The fourth-order valence-corrected chi connectivity index (χ4v) is 3.15. The Kier molecular flexibility index (Phi) is 5.05. The van der Waals surface area contributed by atoms with E-state index in [0.29, 0.717) is 17.3 Å². The van der Waals surface area contributed by atoms with Crippen LogP contribution in [0.15, 0.2) is 47.9 Å². The van der Waals surface area contributed by atoms with Gasteiger partial charge in [0.1, 0.15) is 12.1 Å². The lowest BCUT2D eigenvalue weighted by Crippen LogP contribution is -2.05. The molecule has 0 fully saturated rings. The number of Topliss-reactive ketones (excluding diaryl/α,β-unsaturated/α-hetero) is 1. The summed E-state index contributed by atoms with van der Waals surface area (Å²) in [6, 6.07) is 12.3. The smallest absolute Gasteiger partial charge is 0.183 e. The summed E-state index contributed by atoms with van der Waals surface area (Å²) in [5.74, 6) is 0.555. The van der Waals surface area contributed by atoms with Crippen molar-refractivity contribution >= 4 is 17.5 Å². The Morgan fingerprint density at radius 1 is 1.08 bits per heavy atom. The van der Waals surface area contributed by atoms with Crippen molar-refractivity contribution in [3.8, 4) is 11.1 Å². The van der Waals surface area contributed by atoms with Crippen molar-refractivity contribution in [1.82, 2.24) is 20.2 Å². The Hall–Kier alpha value is -2.47. The number of carbonyl (C=O) groups excluding carboxylic acids is 1. The number of pyridine rings is 1. The molecular formula is C18H18N4OS. The molecule has 122 valence electrons. The van der Waals surface area contributed by atoms with Crippen molar-refractivity contribution < 1.29 is 4.79 Å². The van der Waals surface area contributed by atoms with Crippen LogP contribution in [-0.4, -0.2) is 31.7 Å². The molecule has 1 N–H and O–H groups in total. The maximum atomic E-state index is 12.1. The van der Waals surface area contributed by atoms with E-state index in [1.165, 1.54) is 18.1 Å². The van der Waals surface area contributed by atoms with Gasteiger partial charge in [-0.15, -0.1) is 0 Å². The first kappa shape index (κ1) is 16.4. The third-order valence-electron chi connectivity index (χ3n) is 3.53. The number of aryl methyl sites for hydroxylation is 2. The summed E-state index contributed by atoms with van der Waals surface area (Å²) >= 11 is 1.37. The molecule has 0 aliphatic carbocycles. The Morgan fingerprint density at radius 2 is 1.79 bits per heavy atom. The number of thioether (sulfide) groups is 1. The number of nitrogens with zero attached hydrogens (tertiary/aromatic N) is 3. The monoisotopic (exact) mass is 338 g/mol. The van der Waals surface area contributed by atoms with Crippen molar-refractivity contribution in [2.45, 2.75) is 25.4 Å². The molecule has 5 nitrogen and oxygen atoms in total. The molecule has 0 amide bonds. The Labute approximate surface area is 144 Å². The Bertz CT molecular complexity index is 808. The largest absolute Gasteiger partial charge is 0.298 e. The van der Waals surface area contributed by atoms with E-state index >= 15 is 0 Å². The van der Waals surface area contributed by atoms with Gasteiger partial charge in [-0.3, -0.25) is 14.9 Å². The number of H-pyrrole nitrogens is 1. The summed E-state index contributed by atoms with van der Waals surface area (Å²) in [6.07, 6.45) is 1.86. The highest BCUT2D eigenvalue weighted by molar-refractivity contribution is 7.99. The molecule has 0 aliphatic rings. The van der Waals surface area contributed by atoms with Crippen LogP contribution in [0.5, 0.6) is 0 Å². The topological polar surface area (TPSA) is 71.5 Å². The second-order valence-corrected chi connectivity index (χ2v) is 6.59. The van der Waals surface area contributed by atoms with E-state index in [9.17, 15) is 4.79 Å². The first-order chi connectivity index (χ1) is 11.6. The molecule has 0 saturated carbocycles. The number of aromatic amines is 1. The number of carbonyl (C=O) groups is 1. The van der Waals surface area contributed by atoms with E-state index < -0.39 is 0 Å². The molecule has 0 saturated heterocycles. The van der Waals surface area contributed by atoms with Gasteiger partial charge in [-0.2, -0.15) is 5.10 Å². The van der Waals surface area contributed by atoms with Crippen LogP contribution in [0.4, 0.5) is 0 Å². The third-order valence-corrected chi connectivity index (χ3v) is 4.47. The van der Waals surface area contributed by atoms with Gasteiger partial charge in [0.25, 0.3) is 0 Å². The zero-order chi connectivity index (χ0) is 16.9. The first-order valence-corrected chi connectivity index (χ1v) is 8.63. The van der Waals surface area contributed by atoms with Crippen LogP contribution < -0.4 is 0 Å². The second kappa shape index (κ2) is 7.40. The van der Waals surface area contributed by atoms with E-state index in [0.717, 1.165) is 28.1 Å². The maximum absolute atomic E-state index is 12.1. The van der Waals surface area contributed by atoms with Gasteiger partial charge in [0, 0.05) is 17.8 Å². The van der Waals surface area contributed by atoms with Gasteiger partial charge in [0.15, 0.2) is 5.16 Å². The minimum absolute atomic E-state index is 0.166. The van der Waals surface area contributed by atoms with Gasteiger partial charge in [0.05, 0.1) is 5.75 Å². The molecule has 3 rings (SSSR count). The number of benzene rings is 1. The molecule has 3 aromatic rings. The molecule has 0 spiro atoms. The molecule has 0 radical (unpaired) electrons. The molecule has 1 aromatic carbocycles. The number of rotatable bonds is 6. The highest BCUT2D eigenvalue weighted by Crippen LogP contribution is 2.22. The second-order valence-electron chi connectivity index (χ2n) is 5.63. The first-order valence-electron chi connectivity index (χ1n) is 7.64. The number of aromatic nitrogens is 4. The normalized spacial score (nSPS) is 10.8.